The Kier molecular flexibility index (Phi) is 5.62. The fraction of sp³-hybridized carbons (Fsp3) is 0.200. The lowest BCUT2D eigenvalue weighted by Crippen LogP contribution is -2.45. The number of amides is 1. The Morgan fingerprint density at radius 1 is 1.08 bits per heavy atom. The van der Waals surface area contributed by atoms with Gasteiger partial charge >= 0.3 is 12.1 Å². The lowest BCUT2D eigenvalue weighted by atomic mass is 9.80. The molecule has 0 radical (unpaired) electrons. The van der Waals surface area contributed by atoms with E-state index in [1.807, 2.05) is 0 Å². The van der Waals surface area contributed by atoms with Gasteiger partial charge in [-0.25, -0.2) is 0 Å². The Morgan fingerprint density at radius 3 is 2.56 bits per heavy atom. The summed E-state index contributed by atoms with van der Waals surface area (Å²) in [6.45, 7) is 0. The summed E-state index contributed by atoms with van der Waals surface area (Å²) in [5, 5.41) is 14.5. The van der Waals surface area contributed by atoms with Crippen LogP contribution in [0.1, 0.15) is 36.1 Å². The van der Waals surface area contributed by atoms with Crippen LogP contribution in [-0.2, 0) is 9.59 Å². The average molecular weight is 497 g/mol. The number of halogens is 3. The van der Waals surface area contributed by atoms with Crippen LogP contribution in [0.3, 0.4) is 0 Å². The second kappa shape index (κ2) is 8.67. The molecule has 0 saturated heterocycles. The van der Waals surface area contributed by atoms with Crippen molar-refractivity contribution in [3.05, 3.63) is 99.6 Å². The van der Waals surface area contributed by atoms with Gasteiger partial charge in [-0.05, 0) is 36.2 Å². The molecular formula is C25H18F3N3O5. The van der Waals surface area contributed by atoms with E-state index in [-0.39, 0.29) is 47.0 Å². The minimum atomic E-state index is -5.27. The molecule has 36 heavy (non-hydrogen) atoms. The fourth-order valence-corrected chi connectivity index (χ4v) is 4.80. The summed E-state index contributed by atoms with van der Waals surface area (Å²) in [5.74, 6) is -2.51. The molecule has 3 aromatic rings. The molecule has 0 unspecified atom stereocenters. The summed E-state index contributed by atoms with van der Waals surface area (Å²) < 4.78 is 47.1. The number of hydrogen-bond donors (Lipinski definition) is 1. The van der Waals surface area contributed by atoms with Crippen LogP contribution in [0.15, 0.2) is 82.6 Å². The van der Waals surface area contributed by atoms with E-state index in [0.29, 0.717) is 16.4 Å². The number of furan rings is 1. The van der Waals surface area contributed by atoms with Crippen LogP contribution in [0.25, 0.3) is 0 Å². The highest BCUT2D eigenvalue weighted by atomic mass is 19.4. The fourth-order valence-electron chi connectivity index (χ4n) is 4.80. The van der Waals surface area contributed by atoms with Gasteiger partial charge in [-0.15, -0.1) is 0 Å². The maximum absolute atomic E-state index is 13.9. The Labute approximate surface area is 202 Å². The zero-order valence-corrected chi connectivity index (χ0v) is 18.5. The van der Waals surface area contributed by atoms with Crippen molar-refractivity contribution in [3.63, 3.8) is 0 Å². The number of non-ortho nitro benzene ring substituents is 1. The van der Waals surface area contributed by atoms with Crippen molar-refractivity contribution in [2.45, 2.75) is 31.0 Å². The number of carbonyl (C=O) groups excluding carboxylic acids is 2. The highest BCUT2D eigenvalue weighted by Crippen LogP contribution is 2.48. The molecule has 8 nitrogen and oxygen atoms in total. The summed E-state index contributed by atoms with van der Waals surface area (Å²) >= 11 is 0. The molecule has 2 aromatic carbocycles. The third kappa shape index (κ3) is 4.02. The SMILES string of the molecule is O=C1C[C@@H](c2ccco2)CC2=C1[C@@H](c1cccc([N+](=O)[O-])c1)N(C(=O)C(F)(F)F)c1ccccc1N2. The number of nitrogens with one attached hydrogen (secondary N) is 1. The molecule has 2 aliphatic rings. The summed E-state index contributed by atoms with van der Waals surface area (Å²) in [4.78, 5) is 37.7. The quantitative estimate of drug-likeness (QED) is 0.370. The first-order valence-corrected chi connectivity index (χ1v) is 11.0. The number of alkyl halides is 3. The van der Waals surface area contributed by atoms with Crippen LogP contribution < -0.4 is 10.2 Å². The first-order valence-electron chi connectivity index (χ1n) is 11.0. The first kappa shape index (κ1) is 23.3. The predicted molar refractivity (Wildman–Crippen MR) is 122 cm³/mol. The Hall–Kier alpha value is -4.41. The summed E-state index contributed by atoms with van der Waals surface area (Å²) in [5.41, 5.74) is 0.00608. The van der Waals surface area contributed by atoms with E-state index in [2.05, 4.69) is 5.32 Å². The van der Waals surface area contributed by atoms with Crippen molar-refractivity contribution in [2.24, 2.45) is 0 Å². The molecule has 0 spiro atoms. The lowest BCUT2D eigenvalue weighted by Gasteiger charge is -2.35. The van der Waals surface area contributed by atoms with E-state index in [9.17, 15) is 32.9 Å². The van der Waals surface area contributed by atoms with Crippen LogP contribution in [0, 0.1) is 10.1 Å². The Balaban J connectivity index is 1.77. The van der Waals surface area contributed by atoms with E-state index in [4.69, 9.17) is 4.42 Å². The van der Waals surface area contributed by atoms with Crippen LogP contribution in [-0.4, -0.2) is 22.8 Å². The minimum absolute atomic E-state index is 0.0117. The minimum Gasteiger partial charge on any atom is -0.469 e. The topological polar surface area (TPSA) is 106 Å². The number of para-hydroxylation sites is 2. The van der Waals surface area contributed by atoms with E-state index >= 15 is 0 Å². The molecule has 0 bridgehead atoms. The van der Waals surface area contributed by atoms with Crippen LogP contribution in [0.5, 0.6) is 0 Å². The molecule has 184 valence electrons. The number of nitro benzene ring substituents is 1. The van der Waals surface area contributed by atoms with Gasteiger partial charge in [0, 0.05) is 35.7 Å². The van der Waals surface area contributed by atoms with Gasteiger partial charge in [-0.2, -0.15) is 13.2 Å². The Morgan fingerprint density at radius 2 is 1.86 bits per heavy atom. The number of ketones is 1. The van der Waals surface area contributed by atoms with Gasteiger partial charge in [0.05, 0.1) is 28.6 Å². The number of nitro groups is 1. The van der Waals surface area contributed by atoms with Crippen LogP contribution in [0.2, 0.25) is 0 Å². The van der Waals surface area contributed by atoms with E-state index in [1.54, 1.807) is 18.2 Å². The summed E-state index contributed by atoms with van der Waals surface area (Å²) in [6.07, 6.45) is -3.65. The molecular weight excluding hydrogens is 479 g/mol. The van der Waals surface area contributed by atoms with Gasteiger partial charge < -0.3 is 9.73 Å². The third-order valence-corrected chi connectivity index (χ3v) is 6.29. The first-order chi connectivity index (χ1) is 17.1. The van der Waals surface area contributed by atoms with E-state index in [1.165, 1.54) is 42.7 Å². The molecule has 11 heteroatoms. The normalized spacial score (nSPS) is 19.8. The number of anilines is 2. The van der Waals surface area contributed by atoms with Gasteiger partial charge in [0.15, 0.2) is 5.78 Å². The molecule has 5 rings (SSSR count). The average Bonchev–Trinajstić information content (AvgIpc) is 3.33. The number of rotatable bonds is 3. The van der Waals surface area contributed by atoms with Crippen molar-refractivity contribution in [3.8, 4) is 0 Å². The molecule has 1 N–H and O–H groups in total. The molecule has 0 fully saturated rings. The van der Waals surface area contributed by atoms with Gasteiger partial charge in [0.1, 0.15) is 5.76 Å². The summed E-state index contributed by atoms with van der Waals surface area (Å²) in [7, 11) is 0. The zero-order chi connectivity index (χ0) is 25.6. The molecule has 0 saturated carbocycles. The predicted octanol–water partition coefficient (Wildman–Crippen LogP) is 5.65. The van der Waals surface area contributed by atoms with Crippen molar-refractivity contribution in [1.82, 2.24) is 0 Å². The largest absolute Gasteiger partial charge is 0.471 e. The number of benzene rings is 2. The highest BCUT2D eigenvalue weighted by Gasteiger charge is 2.50. The molecule has 1 aromatic heterocycles. The second-order valence-electron chi connectivity index (χ2n) is 8.51. The van der Waals surface area contributed by atoms with Crippen molar-refractivity contribution in [1.29, 1.82) is 0 Å². The monoisotopic (exact) mass is 497 g/mol. The lowest BCUT2D eigenvalue weighted by molar-refractivity contribution is -0.384. The highest BCUT2D eigenvalue weighted by molar-refractivity contribution is 6.07. The standard InChI is InChI=1S/C25H18F3N3O5/c26-25(27,28)24(33)30-19-8-2-1-7-17(19)29-18-12-15(21-9-4-10-36-21)13-20(32)22(18)23(30)14-5-3-6-16(11-14)31(34)35/h1-11,15,23,29H,12-13H2/t15-,23+/m0/s1. The number of carbonyl (C=O) groups is 2. The number of fused-ring (bicyclic) bond motifs is 1. The molecule has 2 atom stereocenters. The van der Waals surface area contributed by atoms with Crippen molar-refractivity contribution in [2.75, 3.05) is 10.2 Å². The maximum atomic E-state index is 13.9. The zero-order valence-electron chi connectivity index (χ0n) is 18.5. The number of allylic oxidation sites excluding steroid dienone is 1. The molecule has 1 aliphatic carbocycles. The van der Waals surface area contributed by atoms with Gasteiger partial charge in [-0.1, -0.05) is 24.3 Å². The van der Waals surface area contributed by atoms with Gasteiger partial charge in [0.25, 0.3) is 5.69 Å². The number of hydrogen-bond acceptors (Lipinski definition) is 6. The van der Waals surface area contributed by atoms with Gasteiger partial charge in [0.2, 0.25) is 0 Å². The third-order valence-electron chi connectivity index (χ3n) is 6.29. The van der Waals surface area contributed by atoms with Crippen LogP contribution in [0.4, 0.5) is 30.2 Å². The second-order valence-corrected chi connectivity index (χ2v) is 8.51. The smallest absolute Gasteiger partial charge is 0.469 e. The van der Waals surface area contributed by atoms with E-state index < -0.39 is 28.8 Å². The van der Waals surface area contributed by atoms with Crippen LogP contribution >= 0.6 is 0 Å². The number of nitrogens with zero attached hydrogens (tertiary/aromatic N) is 2. The van der Waals surface area contributed by atoms with E-state index in [0.717, 1.165) is 6.07 Å². The summed E-state index contributed by atoms with van der Waals surface area (Å²) in [6, 6.07) is 12.7. The number of Topliss-reactive ketones (excluding diaryl/α,β-unsaturated/α-hetero) is 1. The molecule has 1 aliphatic heterocycles. The Bertz CT molecular complexity index is 1400. The van der Waals surface area contributed by atoms with Crippen molar-refractivity contribution < 1.29 is 32.1 Å². The van der Waals surface area contributed by atoms with Crippen molar-refractivity contribution >= 4 is 28.8 Å². The van der Waals surface area contributed by atoms with Gasteiger partial charge in [-0.3, -0.25) is 24.6 Å². The molecule has 2 heterocycles. The molecule has 1 amide bonds. The maximum Gasteiger partial charge on any atom is 0.471 e.